The summed E-state index contributed by atoms with van der Waals surface area (Å²) in [5.74, 6) is -0.157. The Morgan fingerprint density at radius 1 is 1.18 bits per heavy atom. The van der Waals surface area contributed by atoms with E-state index in [0.717, 1.165) is 19.3 Å². The number of nitrogens with one attached hydrogen (secondary N) is 1. The van der Waals surface area contributed by atoms with Crippen LogP contribution in [-0.4, -0.2) is 24.2 Å². The van der Waals surface area contributed by atoms with Crippen molar-refractivity contribution >= 4 is 5.97 Å². The minimum Gasteiger partial charge on any atom is -0.459 e. The molecule has 0 aliphatic rings. The molecule has 0 heterocycles. The number of unbranched alkanes of at least 4 members (excludes halogenated alkanes) is 1. The molecule has 0 saturated heterocycles. The van der Waals surface area contributed by atoms with E-state index < -0.39 is 0 Å². The topological polar surface area (TPSA) is 38.3 Å². The zero-order chi connectivity index (χ0) is 13.3. The Kier molecular flexibility index (Phi) is 8.23. The highest BCUT2D eigenvalue weighted by Crippen LogP contribution is 2.08. The zero-order valence-electron chi connectivity index (χ0n) is 12.1. The minimum atomic E-state index is -0.386. The van der Waals surface area contributed by atoms with Gasteiger partial charge in [0.1, 0.15) is 5.60 Å². The molecule has 0 aromatic heterocycles. The monoisotopic (exact) mass is 243 g/mol. The van der Waals surface area contributed by atoms with E-state index in [-0.39, 0.29) is 11.6 Å². The smallest absolute Gasteiger partial charge is 0.320 e. The fraction of sp³-hybridized carbons (Fsp3) is 0.929. The largest absolute Gasteiger partial charge is 0.459 e. The van der Waals surface area contributed by atoms with Crippen LogP contribution >= 0.6 is 0 Å². The van der Waals surface area contributed by atoms with E-state index in [0.29, 0.717) is 12.6 Å². The summed E-state index contributed by atoms with van der Waals surface area (Å²) in [4.78, 5) is 11.6. The van der Waals surface area contributed by atoms with Crippen LogP contribution in [0.15, 0.2) is 0 Å². The normalized spacial score (nSPS) is 13.5. The van der Waals surface area contributed by atoms with E-state index in [1.54, 1.807) is 0 Å². The highest BCUT2D eigenvalue weighted by molar-refractivity contribution is 5.72. The molecule has 0 amide bonds. The predicted molar refractivity (Wildman–Crippen MR) is 72.1 cm³/mol. The van der Waals surface area contributed by atoms with Gasteiger partial charge in [0.15, 0.2) is 0 Å². The summed E-state index contributed by atoms with van der Waals surface area (Å²) >= 11 is 0. The molecule has 0 saturated carbocycles. The molecule has 1 unspecified atom stereocenters. The number of esters is 1. The predicted octanol–water partition coefficient (Wildman–Crippen LogP) is 3.28. The van der Waals surface area contributed by atoms with Crippen LogP contribution < -0.4 is 5.32 Å². The molecule has 0 aromatic carbocycles. The minimum absolute atomic E-state index is 0.157. The number of hydrogen-bond donors (Lipinski definition) is 1. The third-order valence-electron chi connectivity index (χ3n) is 2.50. The van der Waals surface area contributed by atoms with E-state index in [4.69, 9.17) is 4.74 Å². The van der Waals surface area contributed by atoms with Gasteiger partial charge in [-0.05, 0) is 33.6 Å². The van der Waals surface area contributed by atoms with Crippen LogP contribution in [0.3, 0.4) is 0 Å². The second kappa shape index (κ2) is 8.51. The van der Waals surface area contributed by atoms with Crippen LogP contribution in [0.5, 0.6) is 0 Å². The lowest BCUT2D eigenvalue weighted by Gasteiger charge is -2.22. The maximum absolute atomic E-state index is 11.6. The molecule has 1 N–H and O–H groups in total. The molecule has 102 valence electrons. The Morgan fingerprint density at radius 3 is 2.29 bits per heavy atom. The molecule has 3 nitrogen and oxygen atoms in total. The van der Waals surface area contributed by atoms with Gasteiger partial charge in [0.25, 0.3) is 0 Å². The Labute approximate surface area is 106 Å². The van der Waals surface area contributed by atoms with Crippen molar-refractivity contribution in [2.45, 2.75) is 78.4 Å². The van der Waals surface area contributed by atoms with Gasteiger partial charge in [0, 0.05) is 6.04 Å². The number of carbonyl (C=O) groups excluding carboxylic acids is 1. The van der Waals surface area contributed by atoms with Crippen LogP contribution in [0.25, 0.3) is 0 Å². The van der Waals surface area contributed by atoms with Crippen molar-refractivity contribution in [3.63, 3.8) is 0 Å². The first-order valence-electron chi connectivity index (χ1n) is 6.84. The Hall–Kier alpha value is -0.570. The van der Waals surface area contributed by atoms with Gasteiger partial charge in [-0.2, -0.15) is 0 Å². The molecule has 0 fully saturated rings. The molecule has 0 aromatic rings. The molecule has 0 rings (SSSR count). The zero-order valence-corrected chi connectivity index (χ0v) is 12.1. The van der Waals surface area contributed by atoms with Crippen molar-refractivity contribution in [1.82, 2.24) is 5.32 Å². The fourth-order valence-corrected chi connectivity index (χ4v) is 1.75. The number of ether oxygens (including phenoxy) is 1. The third kappa shape index (κ3) is 10.3. The average Bonchev–Trinajstić information content (AvgIpc) is 2.19. The highest BCUT2D eigenvalue weighted by Gasteiger charge is 2.17. The van der Waals surface area contributed by atoms with Crippen LogP contribution in [0, 0.1) is 0 Å². The summed E-state index contributed by atoms with van der Waals surface area (Å²) in [5, 5.41) is 3.30. The average molecular weight is 243 g/mol. The molecule has 0 spiro atoms. The molecule has 3 heteroatoms. The maximum atomic E-state index is 11.6. The number of rotatable bonds is 8. The van der Waals surface area contributed by atoms with Gasteiger partial charge in [-0.3, -0.25) is 4.79 Å². The van der Waals surface area contributed by atoms with Gasteiger partial charge < -0.3 is 10.1 Å². The van der Waals surface area contributed by atoms with Crippen molar-refractivity contribution in [3.05, 3.63) is 0 Å². The summed E-state index contributed by atoms with van der Waals surface area (Å²) in [6.45, 7) is 10.4. The first-order valence-corrected chi connectivity index (χ1v) is 6.84. The molecule has 1 atom stereocenters. The number of carbonyl (C=O) groups is 1. The molecular weight excluding hydrogens is 214 g/mol. The lowest BCUT2D eigenvalue weighted by molar-refractivity contribution is -0.153. The second-order valence-corrected chi connectivity index (χ2v) is 5.60. The van der Waals surface area contributed by atoms with Gasteiger partial charge in [0.2, 0.25) is 0 Å². The molecule has 0 bridgehead atoms. The summed E-state index contributed by atoms with van der Waals surface area (Å²) in [6, 6.07) is 0.451. The van der Waals surface area contributed by atoms with Gasteiger partial charge in [-0.25, -0.2) is 0 Å². The molecular formula is C14H29NO2. The van der Waals surface area contributed by atoms with Crippen LogP contribution in [-0.2, 0) is 9.53 Å². The summed E-state index contributed by atoms with van der Waals surface area (Å²) in [6.07, 6.45) is 5.84. The van der Waals surface area contributed by atoms with E-state index in [1.807, 2.05) is 20.8 Å². The van der Waals surface area contributed by atoms with Gasteiger partial charge >= 0.3 is 5.97 Å². The number of hydrogen-bond acceptors (Lipinski definition) is 3. The quantitative estimate of drug-likeness (QED) is 0.665. The van der Waals surface area contributed by atoms with Crippen molar-refractivity contribution < 1.29 is 9.53 Å². The SMILES string of the molecule is CCCCC(CCC)NCC(=O)OC(C)(C)C. The van der Waals surface area contributed by atoms with Crippen molar-refractivity contribution in [2.24, 2.45) is 0 Å². The third-order valence-corrected chi connectivity index (χ3v) is 2.50. The first kappa shape index (κ1) is 16.4. The lowest BCUT2D eigenvalue weighted by Crippen LogP contribution is -2.37. The van der Waals surface area contributed by atoms with E-state index in [1.165, 1.54) is 12.8 Å². The first-order chi connectivity index (χ1) is 7.89. The Morgan fingerprint density at radius 2 is 1.82 bits per heavy atom. The molecule has 17 heavy (non-hydrogen) atoms. The summed E-state index contributed by atoms with van der Waals surface area (Å²) < 4.78 is 5.27. The van der Waals surface area contributed by atoms with Gasteiger partial charge in [0.05, 0.1) is 6.54 Å². The summed E-state index contributed by atoms with van der Waals surface area (Å²) in [5.41, 5.74) is -0.386. The van der Waals surface area contributed by atoms with E-state index >= 15 is 0 Å². The molecule has 0 aliphatic heterocycles. The summed E-state index contributed by atoms with van der Waals surface area (Å²) in [7, 11) is 0. The van der Waals surface area contributed by atoms with Crippen LogP contribution in [0.2, 0.25) is 0 Å². The van der Waals surface area contributed by atoms with E-state index in [9.17, 15) is 4.79 Å². The van der Waals surface area contributed by atoms with Crippen molar-refractivity contribution in [1.29, 1.82) is 0 Å². The highest BCUT2D eigenvalue weighted by atomic mass is 16.6. The van der Waals surface area contributed by atoms with Crippen molar-refractivity contribution in [3.8, 4) is 0 Å². The lowest BCUT2D eigenvalue weighted by atomic mass is 10.1. The van der Waals surface area contributed by atoms with Gasteiger partial charge in [-0.1, -0.05) is 33.1 Å². The Balaban J connectivity index is 3.90. The van der Waals surface area contributed by atoms with E-state index in [2.05, 4.69) is 19.2 Å². The second-order valence-electron chi connectivity index (χ2n) is 5.60. The van der Waals surface area contributed by atoms with Gasteiger partial charge in [-0.15, -0.1) is 0 Å². The van der Waals surface area contributed by atoms with Crippen molar-refractivity contribution in [2.75, 3.05) is 6.54 Å². The maximum Gasteiger partial charge on any atom is 0.320 e. The molecule has 0 radical (unpaired) electrons. The van der Waals surface area contributed by atoms with Crippen LogP contribution in [0.4, 0.5) is 0 Å². The van der Waals surface area contributed by atoms with Crippen LogP contribution in [0.1, 0.15) is 66.7 Å². The molecule has 0 aliphatic carbocycles. The standard InChI is InChI=1S/C14H29NO2/c1-6-8-10-12(9-7-2)15-11-13(16)17-14(3,4)5/h12,15H,6-11H2,1-5H3. The Bertz CT molecular complexity index is 209. The fourth-order valence-electron chi connectivity index (χ4n) is 1.75.